The van der Waals surface area contributed by atoms with Gasteiger partial charge in [0.2, 0.25) is 0 Å². The Balaban J connectivity index is 2.06. The van der Waals surface area contributed by atoms with Crippen LogP contribution in [0.25, 0.3) is 5.57 Å². The van der Waals surface area contributed by atoms with Gasteiger partial charge in [0, 0.05) is 5.92 Å². The quantitative estimate of drug-likeness (QED) is 0.673. The zero-order chi connectivity index (χ0) is 16.7. The fourth-order valence-electron chi connectivity index (χ4n) is 2.14. The van der Waals surface area contributed by atoms with Crippen molar-refractivity contribution in [1.82, 2.24) is 4.98 Å². The van der Waals surface area contributed by atoms with Gasteiger partial charge in [0.1, 0.15) is 17.7 Å². The zero-order valence-corrected chi connectivity index (χ0v) is 13.9. The molecule has 0 spiro atoms. The third kappa shape index (κ3) is 4.83. The average Bonchev–Trinajstić information content (AvgIpc) is 3.13. The molecule has 0 saturated heterocycles. The van der Waals surface area contributed by atoms with Gasteiger partial charge in [-0.05, 0) is 30.2 Å². The predicted octanol–water partition coefficient (Wildman–Crippen LogP) is 4.49. The number of aromatic nitrogens is 1. The first kappa shape index (κ1) is 17.0. The summed E-state index contributed by atoms with van der Waals surface area (Å²) in [5.74, 6) is 1.03. The van der Waals surface area contributed by atoms with Crippen molar-refractivity contribution in [2.24, 2.45) is 5.92 Å². The topological polar surface area (TPSA) is 44.5 Å². The Labute approximate surface area is 137 Å². The SMILES string of the molecule is C=C[C@H](C)[C@H](/C=C(\C)c1cocn1)OCc1ccc(OC)cc1. The molecule has 122 valence electrons. The van der Waals surface area contributed by atoms with Gasteiger partial charge in [-0.15, -0.1) is 6.58 Å². The second-order valence-electron chi connectivity index (χ2n) is 5.44. The highest BCUT2D eigenvalue weighted by Crippen LogP contribution is 2.20. The van der Waals surface area contributed by atoms with E-state index in [1.165, 1.54) is 6.39 Å². The zero-order valence-electron chi connectivity index (χ0n) is 13.9. The molecule has 1 aromatic heterocycles. The van der Waals surface area contributed by atoms with Crippen LogP contribution in [-0.2, 0) is 11.3 Å². The van der Waals surface area contributed by atoms with Gasteiger partial charge in [0.05, 0.1) is 19.8 Å². The lowest BCUT2D eigenvalue weighted by atomic mass is 10.0. The van der Waals surface area contributed by atoms with Crippen LogP contribution in [0.4, 0.5) is 0 Å². The van der Waals surface area contributed by atoms with Crippen molar-refractivity contribution in [3.05, 3.63) is 66.9 Å². The molecule has 0 unspecified atom stereocenters. The maximum atomic E-state index is 6.08. The molecular formula is C19H23NO3. The monoisotopic (exact) mass is 313 g/mol. The Morgan fingerprint density at radius 3 is 2.65 bits per heavy atom. The molecule has 0 aliphatic rings. The number of hydrogen-bond acceptors (Lipinski definition) is 4. The van der Waals surface area contributed by atoms with Gasteiger partial charge in [-0.3, -0.25) is 0 Å². The number of methoxy groups -OCH3 is 1. The predicted molar refractivity (Wildman–Crippen MR) is 91.1 cm³/mol. The van der Waals surface area contributed by atoms with Crippen molar-refractivity contribution in [1.29, 1.82) is 0 Å². The van der Waals surface area contributed by atoms with E-state index in [1.807, 2.05) is 37.3 Å². The normalized spacial score (nSPS) is 14.3. The van der Waals surface area contributed by atoms with E-state index in [1.54, 1.807) is 13.4 Å². The summed E-state index contributed by atoms with van der Waals surface area (Å²) in [5.41, 5.74) is 2.94. The number of allylic oxidation sites excluding steroid dienone is 1. The van der Waals surface area contributed by atoms with Gasteiger partial charge >= 0.3 is 0 Å². The number of ether oxygens (including phenoxy) is 2. The summed E-state index contributed by atoms with van der Waals surface area (Å²) in [7, 11) is 1.66. The fraction of sp³-hybridized carbons (Fsp3) is 0.316. The van der Waals surface area contributed by atoms with Crippen molar-refractivity contribution in [2.75, 3.05) is 7.11 Å². The van der Waals surface area contributed by atoms with Crippen LogP contribution in [0, 0.1) is 5.92 Å². The van der Waals surface area contributed by atoms with Crippen LogP contribution in [0.3, 0.4) is 0 Å². The molecule has 2 atom stereocenters. The summed E-state index contributed by atoms with van der Waals surface area (Å²) in [6, 6.07) is 7.87. The fourth-order valence-corrected chi connectivity index (χ4v) is 2.14. The highest BCUT2D eigenvalue weighted by Gasteiger charge is 2.14. The molecule has 1 aromatic carbocycles. The molecule has 0 fully saturated rings. The molecule has 2 rings (SSSR count). The molecule has 0 N–H and O–H groups in total. The molecule has 0 aliphatic heterocycles. The van der Waals surface area contributed by atoms with E-state index < -0.39 is 0 Å². The molecule has 1 heterocycles. The highest BCUT2D eigenvalue weighted by atomic mass is 16.5. The molecular weight excluding hydrogens is 290 g/mol. The van der Waals surface area contributed by atoms with Crippen molar-refractivity contribution in [2.45, 2.75) is 26.6 Å². The van der Waals surface area contributed by atoms with Crippen molar-refractivity contribution >= 4 is 5.57 Å². The van der Waals surface area contributed by atoms with E-state index in [0.717, 1.165) is 22.6 Å². The Morgan fingerprint density at radius 2 is 2.09 bits per heavy atom. The molecule has 23 heavy (non-hydrogen) atoms. The van der Waals surface area contributed by atoms with Crippen molar-refractivity contribution in [3.8, 4) is 5.75 Å². The van der Waals surface area contributed by atoms with Crippen LogP contribution in [0.1, 0.15) is 25.1 Å². The van der Waals surface area contributed by atoms with Gasteiger partial charge in [-0.1, -0.05) is 31.2 Å². The smallest absolute Gasteiger partial charge is 0.181 e. The Morgan fingerprint density at radius 1 is 1.35 bits per heavy atom. The van der Waals surface area contributed by atoms with E-state index in [-0.39, 0.29) is 12.0 Å². The van der Waals surface area contributed by atoms with Crippen molar-refractivity contribution in [3.63, 3.8) is 0 Å². The molecule has 2 aromatic rings. The average molecular weight is 313 g/mol. The van der Waals surface area contributed by atoms with Gasteiger partial charge in [0.15, 0.2) is 6.39 Å². The van der Waals surface area contributed by atoms with Crippen LogP contribution in [0.2, 0.25) is 0 Å². The molecule has 0 amide bonds. The second kappa shape index (κ2) is 8.34. The molecule has 0 saturated carbocycles. The first-order chi connectivity index (χ1) is 11.1. The minimum atomic E-state index is -0.0775. The van der Waals surface area contributed by atoms with Gasteiger partial charge in [0.25, 0.3) is 0 Å². The lowest BCUT2D eigenvalue weighted by Gasteiger charge is -2.20. The van der Waals surface area contributed by atoms with E-state index in [4.69, 9.17) is 13.9 Å². The molecule has 0 bridgehead atoms. The molecule has 4 heteroatoms. The van der Waals surface area contributed by atoms with E-state index in [9.17, 15) is 0 Å². The number of hydrogen-bond donors (Lipinski definition) is 0. The van der Waals surface area contributed by atoms with Crippen LogP contribution in [0.5, 0.6) is 5.75 Å². The molecule has 4 nitrogen and oxygen atoms in total. The second-order valence-corrected chi connectivity index (χ2v) is 5.44. The van der Waals surface area contributed by atoms with E-state index in [0.29, 0.717) is 6.61 Å². The van der Waals surface area contributed by atoms with Gasteiger partial charge < -0.3 is 13.9 Å². The molecule has 0 aliphatic carbocycles. The largest absolute Gasteiger partial charge is 0.497 e. The van der Waals surface area contributed by atoms with Crippen LogP contribution in [-0.4, -0.2) is 18.2 Å². The van der Waals surface area contributed by atoms with Crippen LogP contribution < -0.4 is 4.74 Å². The summed E-state index contributed by atoms with van der Waals surface area (Å²) in [5, 5.41) is 0. The maximum Gasteiger partial charge on any atom is 0.181 e. The Bertz CT molecular complexity index is 629. The van der Waals surface area contributed by atoms with Crippen LogP contribution in [0.15, 0.2) is 60.1 Å². The summed E-state index contributed by atoms with van der Waals surface area (Å²) in [6.45, 7) is 8.47. The van der Waals surface area contributed by atoms with Gasteiger partial charge in [-0.2, -0.15) is 0 Å². The summed E-state index contributed by atoms with van der Waals surface area (Å²) >= 11 is 0. The lowest BCUT2D eigenvalue weighted by Crippen LogP contribution is -2.18. The van der Waals surface area contributed by atoms with Crippen molar-refractivity contribution < 1.29 is 13.9 Å². The minimum Gasteiger partial charge on any atom is -0.497 e. The number of benzene rings is 1. The Hall–Kier alpha value is -2.33. The lowest BCUT2D eigenvalue weighted by molar-refractivity contribution is 0.0504. The standard InChI is InChI=1S/C19H23NO3/c1-5-14(2)19(10-15(3)18-12-22-13-20-18)23-11-16-6-8-17(21-4)9-7-16/h5-10,12-14,19H,1,11H2,2-4H3/b15-10+/t14-,19-/m0/s1. The first-order valence-corrected chi connectivity index (χ1v) is 7.58. The Kier molecular flexibility index (Phi) is 6.18. The van der Waals surface area contributed by atoms with Crippen LogP contribution >= 0.6 is 0 Å². The van der Waals surface area contributed by atoms with E-state index >= 15 is 0 Å². The van der Waals surface area contributed by atoms with Gasteiger partial charge in [-0.25, -0.2) is 4.98 Å². The maximum absolute atomic E-state index is 6.08. The summed E-state index contributed by atoms with van der Waals surface area (Å²) < 4.78 is 16.3. The highest BCUT2D eigenvalue weighted by molar-refractivity contribution is 5.59. The number of nitrogens with zero attached hydrogens (tertiary/aromatic N) is 1. The first-order valence-electron chi connectivity index (χ1n) is 7.58. The number of rotatable bonds is 8. The number of oxazole rings is 1. The third-order valence-corrected chi connectivity index (χ3v) is 3.74. The third-order valence-electron chi connectivity index (χ3n) is 3.74. The molecule has 0 radical (unpaired) electrons. The summed E-state index contributed by atoms with van der Waals surface area (Å²) in [4.78, 5) is 4.16. The minimum absolute atomic E-state index is 0.0775. The summed E-state index contributed by atoms with van der Waals surface area (Å²) in [6.07, 6.45) is 6.94. The van der Waals surface area contributed by atoms with E-state index in [2.05, 4.69) is 24.6 Å².